The molecule has 2 saturated heterocycles. The average Bonchev–Trinajstić information content (AvgIpc) is 3.56. The molecule has 1 amide bonds. The van der Waals surface area contributed by atoms with Crippen LogP contribution in [0.1, 0.15) is 42.2 Å². The van der Waals surface area contributed by atoms with Gasteiger partial charge in [0.15, 0.2) is 5.84 Å². The van der Waals surface area contributed by atoms with Gasteiger partial charge in [0.05, 0.1) is 6.04 Å². The summed E-state index contributed by atoms with van der Waals surface area (Å²) in [6.45, 7) is 4.06. The van der Waals surface area contributed by atoms with E-state index in [1.807, 2.05) is 11.0 Å². The largest absolute Gasteiger partial charge is 0.355 e. The van der Waals surface area contributed by atoms with E-state index in [4.69, 9.17) is 0 Å². The fourth-order valence-corrected chi connectivity index (χ4v) is 7.04. The zero-order chi connectivity index (χ0) is 22.1. The van der Waals surface area contributed by atoms with Gasteiger partial charge in [-0.2, -0.15) is 8.42 Å². The first-order valence-corrected chi connectivity index (χ1v) is 13.6. The number of hydrogen-bond donors (Lipinski definition) is 1. The van der Waals surface area contributed by atoms with Crippen LogP contribution in [0.4, 0.5) is 0 Å². The van der Waals surface area contributed by atoms with E-state index in [1.54, 1.807) is 29.5 Å². The molecule has 0 radical (unpaired) electrons. The molecular formula is C23H28N4O3S2. The molecule has 0 bridgehead atoms. The zero-order valence-corrected chi connectivity index (χ0v) is 19.6. The molecule has 0 unspecified atom stereocenters. The van der Waals surface area contributed by atoms with Crippen LogP contribution in [0.5, 0.6) is 0 Å². The predicted octanol–water partition coefficient (Wildman–Crippen LogP) is 2.86. The molecule has 0 spiro atoms. The Morgan fingerprint density at radius 2 is 1.84 bits per heavy atom. The van der Waals surface area contributed by atoms with Gasteiger partial charge in [0.25, 0.3) is 10.0 Å². The van der Waals surface area contributed by atoms with Gasteiger partial charge in [0.1, 0.15) is 4.90 Å². The number of carbonyl (C=O) groups excluding carboxylic acids is 1. The molecule has 2 aromatic rings. The van der Waals surface area contributed by atoms with E-state index in [2.05, 4.69) is 32.1 Å². The molecule has 7 nitrogen and oxygen atoms in total. The van der Waals surface area contributed by atoms with Crippen molar-refractivity contribution in [1.82, 2.24) is 15.1 Å². The Morgan fingerprint density at radius 3 is 2.56 bits per heavy atom. The van der Waals surface area contributed by atoms with Crippen molar-refractivity contribution in [3.63, 3.8) is 0 Å². The lowest BCUT2D eigenvalue weighted by molar-refractivity contribution is -0.126. The first kappa shape index (κ1) is 21.6. The minimum absolute atomic E-state index is 0.0531. The van der Waals surface area contributed by atoms with E-state index in [-0.39, 0.29) is 22.8 Å². The van der Waals surface area contributed by atoms with E-state index >= 15 is 0 Å². The lowest BCUT2D eigenvalue weighted by Crippen LogP contribution is -2.44. The highest BCUT2D eigenvalue weighted by Gasteiger charge is 2.34. The van der Waals surface area contributed by atoms with Crippen molar-refractivity contribution >= 4 is 33.1 Å². The number of amides is 1. The fourth-order valence-electron chi connectivity index (χ4n) is 4.96. The van der Waals surface area contributed by atoms with Crippen LogP contribution in [0.2, 0.25) is 0 Å². The minimum Gasteiger partial charge on any atom is -0.355 e. The molecule has 3 aliphatic heterocycles. The monoisotopic (exact) mass is 472 g/mol. The van der Waals surface area contributed by atoms with Crippen LogP contribution in [0.25, 0.3) is 0 Å². The van der Waals surface area contributed by atoms with Crippen LogP contribution in [-0.4, -0.2) is 62.7 Å². The number of likely N-dealkylation sites (tertiary alicyclic amines) is 2. The highest BCUT2D eigenvalue weighted by Crippen LogP contribution is 2.30. The number of hydrogen-bond acceptors (Lipinski definition) is 6. The van der Waals surface area contributed by atoms with Crippen molar-refractivity contribution in [3.8, 4) is 0 Å². The Bertz CT molecular complexity index is 1100. The molecule has 32 heavy (non-hydrogen) atoms. The van der Waals surface area contributed by atoms with E-state index in [0.29, 0.717) is 43.9 Å². The van der Waals surface area contributed by atoms with E-state index in [0.717, 1.165) is 13.1 Å². The number of thiophene rings is 1. The number of piperidine rings is 1. The third-order valence-corrected chi connectivity index (χ3v) is 9.00. The van der Waals surface area contributed by atoms with Crippen molar-refractivity contribution in [3.05, 3.63) is 52.2 Å². The van der Waals surface area contributed by atoms with Gasteiger partial charge in [-0.3, -0.25) is 9.69 Å². The van der Waals surface area contributed by atoms with Crippen molar-refractivity contribution in [2.75, 3.05) is 32.7 Å². The lowest BCUT2D eigenvalue weighted by Gasteiger charge is -2.33. The molecule has 1 N–H and O–H groups in total. The normalized spacial score (nSPS) is 21.9. The lowest BCUT2D eigenvalue weighted by atomic mass is 9.95. The number of rotatable bonds is 5. The van der Waals surface area contributed by atoms with Gasteiger partial charge in [0, 0.05) is 36.0 Å². The van der Waals surface area contributed by atoms with Gasteiger partial charge in [-0.25, -0.2) is 0 Å². The summed E-state index contributed by atoms with van der Waals surface area (Å²) in [5.74, 6) is 0.570. The zero-order valence-electron chi connectivity index (χ0n) is 17.9. The summed E-state index contributed by atoms with van der Waals surface area (Å²) in [5.41, 5.74) is 0.666. The molecule has 1 aromatic carbocycles. The summed E-state index contributed by atoms with van der Waals surface area (Å²) < 4.78 is 28.7. The highest BCUT2D eigenvalue weighted by molar-refractivity contribution is 7.90. The molecule has 2 fully saturated rings. The summed E-state index contributed by atoms with van der Waals surface area (Å²) in [7, 11) is -3.62. The highest BCUT2D eigenvalue weighted by atomic mass is 32.2. The minimum atomic E-state index is -3.62. The maximum Gasteiger partial charge on any atom is 0.285 e. The number of carbonyl (C=O) groups is 1. The van der Waals surface area contributed by atoms with Gasteiger partial charge >= 0.3 is 0 Å². The second kappa shape index (κ2) is 8.96. The first-order chi connectivity index (χ1) is 15.5. The van der Waals surface area contributed by atoms with Crippen molar-refractivity contribution < 1.29 is 13.2 Å². The van der Waals surface area contributed by atoms with Crippen LogP contribution in [-0.2, 0) is 14.8 Å². The summed E-state index contributed by atoms with van der Waals surface area (Å²) in [6, 6.07) is 11.4. The molecule has 0 aliphatic carbocycles. The molecule has 170 valence electrons. The number of benzene rings is 1. The number of sulfonamides is 1. The summed E-state index contributed by atoms with van der Waals surface area (Å²) >= 11 is 1.75. The predicted molar refractivity (Wildman–Crippen MR) is 125 cm³/mol. The van der Waals surface area contributed by atoms with Crippen LogP contribution in [0, 0.1) is 5.92 Å². The Balaban J connectivity index is 1.19. The van der Waals surface area contributed by atoms with Crippen LogP contribution in [0.15, 0.2) is 51.1 Å². The maximum absolute atomic E-state index is 12.9. The molecule has 5 rings (SSSR count). The standard InChI is InChI=1S/C23H28N4O3S2/c28-23(24-16-19(20-7-5-15-31-20)26-11-3-4-12-26)17-9-13-27(14-10-17)22-18-6-1-2-8-21(18)32(29,30)25-22/h1-2,5-8,15,17,19H,3-4,9-14,16H2,(H,24,28)/t19-/m1/s1. The quantitative estimate of drug-likeness (QED) is 0.724. The summed E-state index contributed by atoms with van der Waals surface area (Å²) in [4.78, 5) is 19.0. The summed E-state index contributed by atoms with van der Waals surface area (Å²) in [5, 5.41) is 5.31. The molecule has 1 aromatic heterocycles. The second-order valence-corrected chi connectivity index (χ2v) is 11.2. The van der Waals surface area contributed by atoms with Crippen molar-refractivity contribution in [2.24, 2.45) is 10.3 Å². The molecule has 0 saturated carbocycles. The number of nitrogens with zero attached hydrogens (tertiary/aromatic N) is 3. The van der Waals surface area contributed by atoms with Crippen molar-refractivity contribution in [2.45, 2.75) is 36.6 Å². The second-order valence-electron chi connectivity index (χ2n) is 8.67. The number of fused-ring (bicyclic) bond motifs is 1. The first-order valence-electron chi connectivity index (χ1n) is 11.3. The van der Waals surface area contributed by atoms with E-state index in [9.17, 15) is 13.2 Å². The molecular weight excluding hydrogens is 444 g/mol. The molecule has 9 heteroatoms. The smallest absolute Gasteiger partial charge is 0.285 e. The van der Waals surface area contributed by atoms with Crippen LogP contribution in [0.3, 0.4) is 0 Å². The van der Waals surface area contributed by atoms with Crippen LogP contribution >= 0.6 is 11.3 Å². The SMILES string of the molecule is O=C(NC[C@H](c1cccs1)N1CCCC1)C1CCN(C2=NS(=O)(=O)c3ccccc32)CC1. The van der Waals surface area contributed by atoms with Crippen molar-refractivity contribution in [1.29, 1.82) is 0 Å². The van der Waals surface area contributed by atoms with Gasteiger partial charge in [-0.15, -0.1) is 15.7 Å². The van der Waals surface area contributed by atoms with Gasteiger partial charge < -0.3 is 10.2 Å². The fraction of sp³-hybridized carbons (Fsp3) is 0.478. The van der Waals surface area contributed by atoms with Gasteiger partial charge in [-0.05, 0) is 62.4 Å². The third-order valence-electron chi connectivity index (χ3n) is 6.70. The van der Waals surface area contributed by atoms with Gasteiger partial charge in [0.2, 0.25) is 5.91 Å². The Kier molecular flexibility index (Phi) is 6.05. The van der Waals surface area contributed by atoms with Crippen LogP contribution < -0.4 is 5.32 Å². The van der Waals surface area contributed by atoms with E-state index < -0.39 is 10.0 Å². The van der Waals surface area contributed by atoms with E-state index in [1.165, 1.54) is 17.7 Å². The average molecular weight is 473 g/mol. The molecule has 1 atom stereocenters. The summed E-state index contributed by atoms with van der Waals surface area (Å²) in [6.07, 6.45) is 3.83. The Labute approximate surface area is 193 Å². The number of amidine groups is 1. The Hall–Kier alpha value is -2.23. The Morgan fingerprint density at radius 1 is 1.09 bits per heavy atom. The molecule has 3 aliphatic rings. The number of nitrogens with one attached hydrogen (secondary N) is 1. The third kappa shape index (κ3) is 4.21. The topological polar surface area (TPSA) is 82.1 Å². The molecule has 4 heterocycles. The maximum atomic E-state index is 12.9. The van der Waals surface area contributed by atoms with Gasteiger partial charge in [-0.1, -0.05) is 18.2 Å².